The number of anilines is 1. The summed E-state index contributed by atoms with van der Waals surface area (Å²) in [6.07, 6.45) is 0. The Morgan fingerprint density at radius 3 is 2.04 bits per heavy atom. The number of carbonyl (C=O) groups is 1. The van der Waals surface area contributed by atoms with Crippen molar-refractivity contribution in [3.63, 3.8) is 0 Å². The summed E-state index contributed by atoms with van der Waals surface area (Å²) in [7, 11) is 1.37. The van der Waals surface area contributed by atoms with Crippen molar-refractivity contribution in [1.82, 2.24) is 5.32 Å². The van der Waals surface area contributed by atoms with Gasteiger partial charge >= 0.3 is 5.97 Å². The van der Waals surface area contributed by atoms with Crippen molar-refractivity contribution < 1.29 is 9.53 Å². The molecule has 5 heteroatoms. The summed E-state index contributed by atoms with van der Waals surface area (Å²) < 4.78 is 4.80. The summed E-state index contributed by atoms with van der Waals surface area (Å²) in [6.45, 7) is 1.96. The van der Waals surface area contributed by atoms with Gasteiger partial charge in [-0.1, -0.05) is 66.7 Å². The Kier molecular flexibility index (Phi) is 6.40. The molecule has 3 aromatic rings. The number of benzene rings is 3. The molecule has 0 heterocycles. The second-order valence-electron chi connectivity index (χ2n) is 6.37. The third kappa shape index (κ3) is 4.75. The van der Waals surface area contributed by atoms with E-state index in [-0.39, 0.29) is 12.0 Å². The lowest BCUT2D eigenvalue weighted by atomic mass is 9.99. The summed E-state index contributed by atoms with van der Waals surface area (Å²) in [5.41, 5.74) is 4.44. The number of methoxy groups -OCH3 is 1. The van der Waals surface area contributed by atoms with Crippen molar-refractivity contribution in [2.24, 2.45) is 0 Å². The number of nitrogens with one attached hydrogen (secondary N) is 2. The van der Waals surface area contributed by atoms with E-state index in [2.05, 4.69) is 34.9 Å². The molecule has 28 heavy (non-hydrogen) atoms. The van der Waals surface area contributed by atoms with Gasteiger partial charge in [0, 0.05) is 5.69 Å². The Hall–Kier alpha value is -3.18. The van der Waals surface area contributed by atoms with Gasteiger partial charge in [0.05, 0.1) is 18.7 Å². The fraction of sp³-hybridized carbons (Fsp3) is 0.130. The fourth-order valence-electron chi connectivity index (χ4n) is 2.94. The molecular formula is C23H22N2O2S. The predicted octanol–water partition coefficient (Wildman–Crippen LogP) is 4.86. The zero-order valence-corrected chi connectivity index (χ0v) is 16.6. The first-order chi connectivity index (χ1) is 13.6. The first-order valence-corrected chi connectivity index (χ1v) is 9.35. The summed E-state index contributed by atoms with van der Waals surface area (Å²) >= 11 is 5.57. The third-order valence-corrected chi connectivity index (χ3v) is 4.67. The number of thiocarbonyl (C=S) groups is 1. The lowest BCUT2D eigenvalue weighted by Crippen LogP contribution is -2.33. The Balaban J connectivity index is 1.83. The van der Waals surface area contributed by atoms with Crippen LogP contribution in [0.4, 0.5) is 5.69 Å². The number of hydrogen-bond donors (Lipinski definition) is 2. The average molecular weight is 391 g/mol. The standard InChI is InChI=1S/C23H22N2O2S/c1-16-13-14-19(22(26)27-2)15-20(16)24-23(28)25-21(17-9-5-3-6-10-17)18-11-7-4-8-12-18/h3-15,21H,1-2H3,(H2,24,25,28). The number of hydrogen-bond acceptors (Lipinski definition) is 3. The maximum atomic E-state index is 11.8. The molecule has 0 unspecified atom stereocenters. The van der Waals surface area contributed by atoms with Crippen molar-refractivity contribution in [2.75, 3.05) is 12.4 Å². The molecule has 0 radical (unpaired) electrons. The van der Waals surface area contributed by atoms with E-state index in [1.807, 2.05) is 49.4 Å². The quantitative estimate of drug-likeness (QED) is 0.481. The van der Waals surface area contributed by atoms with Gasteiger partial charge < -0.3 is 15.4 Å². The van der Waals surface area contributed by atoms with Crippen LogP contribution in [0.2, 0.25) is 0 Å². The highest BCUT2D eigenvalue weighted by atomic mass is 32.1. The molecule has 0 aliphatic carbocycles. The molecule has 142 valence electrons. The molecule has 4 nitrogen and oxygen atoms in total. The first kappa shape index (κ1) is 19.6. The van der Waals surface area contributed by atoms with Gasteiger partial charge in [0.25, 0.3) is 0 Å². The van der Waals surface area contributed by atoms with Gasteiger partial charge in [-0.25, -0.2) is 4.79 Å². The normalized spacial score (nSPS) is 10.4. The van der Waals surface area contributed by atoms with E-state index in [1.54, 1.807) is 12.1 Å². The minimum Gasteiger partial charge on any atom is -0.465 e. The predicted molar refractivity (Wildman–Crippen MR) is 117 cm³/mol. The van der Waals surface area contributed by atoms with E-state index in [0.717, 1.165) is 22.4 Å². The lowest BCUT2D eigenvalue weighted by Gasteiger charge is -2.22. The Morgan fingerprint density at radius 1 is 0.929 bits per heavy atom. The van der Waals surface area contributed by atoms with Crippen LogP contribution in [0.5, 0.6) is 0 Å². The van der Waals surface area contributed by atoms with Gasteiger partial charge in [-0.05, 0) is 48.0 Å². The number of ether oxygens (including phenoxy) is 1. The molecule has 0 saturated heterocycles. The van der Waals surface area contributed by atoms with Crippen LogP contribution in [0.1, 0.15) is 33.1 Å². The molecule has 0 aromatic heterocycles. The van der Waals surface area contributed by atoms with Crippen LogP contribution in [0.3, 0.4) is 0 Å². The highest BCUT2D eigenvalue weighted by Gasteiger charge is 2.16. The van der Waals surface area contributed by atoms with Gasteiger partial charge in [-0.2, -0.15) is 0 Å². The zero-order valence-electron chi connectivity index (χ0n) is 15.8. The maximum Gasteiger partial charge on any atom is 0.337 e. The maximum absolute atomic E-state index is 11.8. The Morgan fingerprint density at radius 2 is 1.50 bits per heavy atom. The lowest BCUT2D eigenvalue weighted by molar-refractivity contribution is 0.0601. The highest BCUT2D eigenvalue weighted by Crippen LogP contribution is 2.23. The first-order valence-electron chi connectivity index (χ1n) is 8.95. The van der Waals surface area contributed by atoms with Crippen molar-refractivity contribution in [3.05, 3.63) is 101 Å². The molecule has 0 fully saturated rings. The molecule has 0 atom stereocenters. The van der Waals surface area contributed by atoms with E-state index in [4.69, 9.17) is 17.0 Å². The molecule has 0 aliphatic rings. The summed E-state index contributed by atoms with van der Waals surface area (Å²) in [6, 6.07) is 25.5. The minimum absolute atomic E-state index is 0.0912. The molecule has 3 aromatic carbocycles. The van der Waals surface area contributed by atoms with Gasteiger partial charge in [0.2, 0.25) is 0 Å². The SMILES string of the molecule is COC(=O)c1ccc(C)c(NC(=S)NC(c2ccccc2)c2ccccc2)c1. The summed E-state index contributed by atoms with van der Waals surface area (Å²) in [5.74, 6) is -0.381. The van der Waals surface area contributed by atoms with Crippen LogP contribution in [0, 0.1) is 6.92 Å². The fourth-order valence-corrected chi connectivity index (χ4v) is 3.17. The van der Waals surface area contributed by atoms with Crippen LogP contribution in [0.25, 0.3) is 0 Å². The molecule has 0 amide bonds. The topological polar surface area (TPSA) is 50.4 Å². The van der Waals surface area contributed by atoms with Crippen LogP contribution < -0.4 is 10.6 Å². The van der Waals surface area contributed by atoms with Crippen molar-refractivity contribution in [2.45, 2.75) is 13.0 Å². The number of rotatable bonds is 5. The number of carbonyl (C=O) groups excluding carboxylic acids is 1. The Bertz CT molecular complexity index is 919. The largest absolute Gasteiger partial charge is 0.465 e. The van der Waals surface area contributed by atoms with Gasteiger partial charge in [-0.15, -0.1) is 0 Å². The van der Waals surface area contributed by atoms with Crippen molar-refractivity contribution in [3.8, 4) is 0 Å². The van der Waals surface area contributed by atoms with E-state index >= 15 is 0 Å². The van der Waals surface area contributed by atoms with E-state index in [0.29, 0.717) is 10.7 Å². The van der Waals surface area contributed by atoms with Crippen LogP contribution in [-0.2, 0) is 4.74 Å². The molecule has 0 bridgehead atoms. The monoisotopic (exact) mass is 390 g/mol. The van der Waals surface area contributed by atoms with Gasteiger partial charge in [0.15, 0.2) is 5.11 Å². The van der Waals surface area contributed by atoms with Gasteiger partial charge in [-0.3, -0.25) is 0 Å². The molecule has 2 N–H and O–H groups in total. The third-order valence-electron chi connectivity index (χ3n) is 4.45. The number of esters is 1. The molecule has 0 aliphatic heterocycles. The smallest absolute Gasteiger partial charge is 0.337 e. The Labute approximate surface area is 170 Å². The van der Waals surface area contributed by atoms with Crippen LogP contribution >= 0.6 is 12.2 Å². The van der Waals surface area contributed by atoms with E-state index in [1.165, 1.54) is 7.11 Å². The molecule has 3 rings (SSSR count). The van der Waals surface area contributed by atoms with Crippen molar-refractivity contribution in [1.29, 1.82) is 0 Å². The molecular weight excluding hydrogens is 368 g/mol. The number of aryl methyl sites for hydroxylation is 1. The highest BCUT2D eigenvalue weighted by molar-refractivity contribution is 7.80. The zero-order chi connectivity index (χ0) is 19.9. The minimum atomic E-state index is -0.381. The van der Waals surface area contributed by atoms with E-state index in [9.17, 15) is 4.79 Å². The second-order valence-corrected chi connectivity index (χ2v) is 6.78. The molecule has 0 saturated carbocycles. The summed E-state index contributed by atoms with van der Waals surface area (Å²) in [4.78, 5) is 11.8. The van der Waals surface area contributed by atoms with Gasteiger partial charge in [0.1, 0.15) is 0 Å². The van der Waals surface area contributed by atoms with Crippen molar-refractivity contribution >= 4 is 29.0 Å². The summed E-state index contributed by atoms with van der Waals surface area (Å²) in [5, 5.41) is 7.08. The van der Waals surface area contributed by atoms with Crippen LogP contribution in [-0.4, -0.2) is 18.2 Å². The second kappa shape index (κ2) is 9.15. The average Bonchev–Trinajstić information content (AvgIpc) is 2.74. The van der Waals surface area contributed by atoms with Crippen LogP contribution in [0.15, 0.2) is 78.9 Å². The molecule has 0 spiro atoms. The van der Waals surface area contributed by atoms with E-state index < -0.39 is 0 Å².